The number of benzene rings is 3. The molecule has 30 heavy (non-hydrogen) atoms. The van der Waals surface area contributed by atoms with Gasteiger partial charge in [-0.2, -0.15) is 0 Å². The Kier molecular flexibility index (Phi) is 6.15. The van der Waals surface area contributed by atoms with E-state index in [9.17, 15) is 4.79 Å². The summed E-state index contributed by atoms with van der Waals surface area (Å²) >= 11 is 0. The summed E-state index contributed by atoms with van der Waals surface area (Å²) in [5.74, 6) is 0.623. The predicted molar refractivity (Wildman–Crippen MR) is 116 cm³/mol. The maximum Gasteiger partial charge on any atom is 0.306 e. The number of carbonyl (C=O) groups excluding carboxylic acids is 1. The van der Waals surface area contributed by atoms with Crippen molar-refractivity contribution < 1.29 is 19.0 Å². The third kappa shape index (κ3) is 4.55. The van der Waals surface area contributed by atoms with Crippen LogP contribution in [0.4, 0.5) is 0 Å². The van der Waals surface area contributed by atoms with E-state index in [2.05, 4.69) is 36.4 Å². The average Bonchev–Trinajstić information content (AvgIpc) is 2.76. The molecule has 1 aliphatic heterocycles. The summed E-state index contributed by atoms with van der Waals surface area (Å²) in [6.07, 6.45) is 0.342. The predicted octanol–water partition coefficient (Wildman–Crippen LogP) is 5.15. The Balaban J connectivity index is 1.36. The van der Waals surface area contributed by atoms with Crippen LogP contribution in [-0.2, 0) is 26.3 Å². The molecule has 3 aromatic rings. The van der Waals surface area contributed by atoms with Gasteiger partial charge in [-0.3, -0.25) is 4.79 Å². The van der Waals surface area contributed by atoms with Crippen LogP contribution in [0, 0.1) is 0 Å². The molecule has 0 bridgehead atoms. The highest BCUT2D eigenvalue weighted by atomic mass is 16.5. The van der Waals surface area contributed by atoms with E-state index in [1.807, 2.05) is 49.4 Å². The van der Waals surface area contributed by atoms with E-state index >= 15 is 0 Å². The van der Waals surface area contributed by atoms with Gasteiger partial charge in [0.05, 0.1) is 31.7 Å². The van der Waals surface area contributed by atoms with Crippen molar-refractivity contribution >= 4 is 5.97 Å². The zero-order valence-electron chi connectivity index (χ0n) is 17.2. The third-order valence-electron chi connectivity index (χ3n) is 5.48. The summed E-state index contributed by atoms with van der Waals surface area (Å²) < 4.78 is 16.5. The van der Waals surface area contributed by atoms with Crippen molar-refractivity contribution in [3.05, 3.63) is 90.0 Å². The number of esters is 1. The molecule has 154 valence electrons. The SMILES string of the molecule is CCOC(=O)CC1(c2ccc(OCc3ccc(-c4ccccc4)cc3)cc2)COC1. The van der Waals surface area contributed by atoms with Gasteiger partial charge in [0.15, 0.2) is 0 Å². The van der Waals surface area contributed by atoms with Crippen molar-refractivity contribution in [1.82, 2.24) is 0 Å². The molecule has 0 radical (unpaired) electrons. The average molecular weight is 402 g/mol. The lowest BCUT2D eigenvalue weighted by Gasteiger charge is -2.41. The van der Waals surface area contributed by atoms with Crippen molar-refractivity contribution in [2.24, 2.45) is 0 Å². The van der Waals surface area contributed by atoms with Gasteiger partial charge in [0.25, 0.3) is 0 Å². The molecule has 0 spiro atoms. The third-order valence-corrected chi connectivity index (χ3v) is 5.48. The van der Waals surface area contributed by atoms with Crippen LogP contribution in [0.25, 0.3) is 11.1 Å². The summed E-state index contributed by atoms with van der Waals surface area (Å²) in [6.45, 7) is 3.81. The highest BCUT2D eigenvalue weighted by Gasteiger charge is 2.42. The smallest absolute Gasteiger partial charge is 0.306 e. The van der Waals surface area contributed by atoms with Crippen LogP contribution in [0.15, 0.2) is 78.9 Å². The van der Waals surface area contributed by atoms with Crippen LogP contribution >= 0.6 is 0 Å². The highest BCUT2D eigenvalue weighted by molar-refractivity contribution is 5.72. The Labute approximate surface area is 177 Å². The zero-order chi connectivity index (χ0) is 20.8. The first kappa shape index (κ1) is 20.2. The Morgan fingerprint density at radius 2 is 1.57 bits per heavy atom. The largest absolute Gasteiger partial charge is 0.489 e. The van der Waals surface area contributed by atoms with Gasteiger partial charge in [0.1, 0.15) is 12.4 Å². The van der Waals surface area contributed by atoms with E-state index in [1.54, 1.807) is 0 Å². The molecule has 1 fully saturated rings. The van der Waals surface area contributed by atoms with Crippen molar-refractivity contribution in [3.8, 4) is 16.9 Å². The first-order valence-electron chi connectivity index (χ1n) is 10.3. The summed E-state index contributed by atoms with van der Waals surface area (Å²) in [5, 5.41) is 0. The fraction of sp³-hybridized carbons (Fsp3) is 0.269. The first-order valence-corrected chi connectivity index (χ1v) is 10.3. The molecule has 0 atom stereocenters. The van der Waals surface area contributed by atoms with Gasteiger partial charge in [-0.15, -0.1) is 0 Å². The van der Waals surface area contributed by atoms with E-state index in [0.29, 0.717) is 32.8 Å². The summed E-state index contributed by atoms with van der Waals surface area (Å²) in [5.41, 5.74) is 4.32. The molecule has 0 aliphatic carbocycles. The molecule has 4 rings (SSSR count). The molecule has 0 aromatic heterocycles. The van der Waals surface area contributed by atoms with Crippen molar-refractivity contribution in [2.45, 2.75) is 25.4 Å². The van der Waals surface area contributed by atoms with E-state index in [1.165, 1.54) is 11.1 Å². The molecule has 1 saturated heterocycles. The second kappa shape index (κ2) is 9.14. The molecule has 4 nitrogen and oxygen atoms in total. The number of hydrogen-bond acceptors (Lipinski definition) is 4. The van der Waals surface area contributed by atoms with Crippen LogP contribution in [0.3, 0.4) is 0 Å². The van der Waals surface area contributed by atoms with Gasteiger partial charge in [-0.05, 0) is 41.3 Å². The number of hydrogen-bond donors (Lipinski definition) is 0. The zero-order valence-corrected chi connectivity index (χ0v) is 17.2. The van der Waals surface area contributed by atoms with Crippen LogP contribution in [-0.4, -0.2) is 25.8 Å². The Bertz CT molecular complexity index is 958. The molecule has 1 aliphatic rings. The molecule has 3 aromatic carbocycles. The topological polar surface area (TPSA) is 44.8 Å². The minimum Gasteiger partial charge on any atom is -0.489 e. The molecule has 0 amide bonds. The fourth-order valence-corrected chi connectivity index (χ4v) is 3.70. The number of ether oxygens (including phenoxy) is 3. The molecular weight excluding hydrogens is 376 g/mol. The van der Waals surface area contributed by atoms with E-state index in [4.69, 9.17) is 14.2 Å². The molecular formula is C26H26O4. The van der Waals surface area contributed by atoms with Crippen molar-refractivity contribution in [1.29, 1.82) is 0 Å². The van der Waals surface area contributed by atoms with Gasteiger partial charge >= 0.3 is 5.97 Å². The van der Waals surface area contributed by atoms with E-state index in [-0.39, 0.29) is 11.4 Å². The number of carbonyl (C=O) groups is 1. The van der Waals surface area contributed by atoms with E-state index < -0.39 is 0 Å². The lowest BCUT2D eigenvalue weighted by molar-refractivity contribution is -0.151. The summed E-state index contributed by atoms with van der Waals surface area (Å²) in [6, 6.07) is 26.7. The minimum absolute atomic E-state index is 0.180. The minimum atomic E-state index is -0.280. The lowest BCUT2D eigenvalue weighted by atomic mass is 9.76. The highest BCUT2D eigenvalue weighted by Crippen LogP contribution is 2.37. The Hall–Kier alpha value is -3.11. The van der Waals surface area contributed by atoms with Crippen molar-refractivity contribution in [2.75, 3.05) is 19.8 Å². The second-order valence-electron chi connectivity index (χ2n) is 7.63. The molecule has 4 heteroatoms. The Morgan fingerprint density at radius 1 is 0.900 bits per heavy atom. The molecule has 0 N–H and O–H groups in total. The van der Waals surface area contributed by atoms with Gasteiger partial charge in [-0.1, -0.05) is 66.7 Å². The van der Waals surface area contributed by atoms with Crippen LogP contribution in [0.2, 0.25) is 0 Å². The summed E-state index contributed by atoms with van der Waals surface area (Å²) in [4.78, 5) is 12.0. The Morgan fingerprint density at radius 3 is 2.17 bits per heavy atom. The first-order chi connectivity index (χ1) is 14.7. The number of rotatable bonds is 8. The monoisotopic (exact) mass is 402 g/mol. The second-order valence-corrected chi connectivity index (χ2v) is 7.63. The van der Waals surface area contributed by atoms with Crippen LogP contribution < -0.4 is 4.74 Å². The van der Waals surface area contributed by atoms with E-state index in [0.717, 1.165) is 16.9 Å². The van der Waals surface area contributed by atoms with Crippen molar-refractivity contribution in [3.63, 3.8) is 0 Å². The molecule has 0 saturated carbocycles. The normalized spacial score (nSPS) is 14.6. The quantitative estimate of drug-likeness (QED) is 0.489. The van der Waals surface area contributed by atoms with Crippen LogP contribution in [0.1, 0.15) is 24.5 Å². The standard InChI is InChI=1S/C26H26O4/c1-2-29-25(27)16-26(18-28-19-26)23-12-14-24(15-13-23)30-17-20-8-10-22(11-9-20)21-6-4-3-5-7-21/h3-15H,2,16-19H2,1H3. The van der Waals surface area contributed by atoms with Crippen LogP contribution in [0.5, 0.6) is 5.75 Å². The molecule has 0 unspecified atom stereocenters. The lowest BCUT2D eigenvalue weighted by Crippen LogP contribution is -2.48. The van der Waals surface area contributed by atoms with Gasteiger partial charge in [-0.25, -0.2) is 0 Å². The maximum atomic E-state index is 12.0. The van der Waals surface area contributed by atoms with Gasteiger partial charge in [0, 0.05) is 0 Å². The maximum absolute atomic E-state index is 12.0. The van der Waals surface area contributed by atoms with Gasteiger partial charge < -0.3 is 14.2 Å². The summed E-state index contributed by atoms with van der Waals surface area (Å²) in [7, 11) is 0. The molecule has 1 heterocycles. The fourth-order valence-electron chi connectivity index (χ4n) is 3.70. The van der Waals surface area contributed by atoms with Gasteiger partial charge in [0.2, 0.25) is 0 Å².